The Labute approximate surface area is 195 Å². The molecule has 1 saturated carbocycles. The van der Waals surface area contributed by atoms with Crippen LogP contribution in [0.15, 0.2) is 6.20 Å². The van der Waals surface area contributed by atoms with Crippen molar-refractivity contribution in [2.45, 2.75) is 50.0 Å². The van der Waals surface area contributed by atoms with E-state index in [1.165, 1.54) is 12.8 Å². The Morgan fingerprint density at radius 3 is 2.47 bits per heavy atom. The molecule has 2 aromatic rings. The van der Waals surface area contributed by atoms with Crippen LogP contribution < -0.4 is 5.32 Å². The highest BCUT2D eigenvalue weighted by Crippen LogP contribution is 2.51. The molecule has 0 amide bonds. The molecule has 1 saturated heterocycles. The van der Waals surface area contributed by atoms with Crippen LogP contribution in [0.4, 0.5) is 5.82 Å². The highest BCUT2D eigenvalue weighted by atomic mass is 31.2. The monoisotopic (exact) mass is 505 g/mol. The van der Waals surface area contributed by atoms with Gasteiger partial charge in [0.05, 0.1) is 37.5 Å². The molecule has 0 spiro atoms. The molecule has 2 aliphatic rings. The van der Waals surface area contributed by atoms with Crippen LogP contribution in [0.1, 0.15) is 37.7 Å². The summed E-state index contributed by atoms with van der Waals surface area (Å²) in [5.41, 5.74) is 0.504. The molecule has 192 valence electrons. The van der Waals surface area contributed by atoms with Gasteiger partial charge in [0.25, 0.3) is 0 Å². The number of aromatic nitrogens is 4. The second-order valence-corrected chi connectivity index (χ2v) is 10.1. The Morgan fingerprint density at radius 2 is 1.88 bits per heavy atom. The largest absolute Gasteiger partial charge is 0.400 e. The van der Waals surface area contributed by atoms with E-state index in [2.05, 4.69) is 20.4 Å². The van der Waals surface area contributed by atoms with Crippen LogP contribution in [-0.2, 0) is 20.6 Å². The lowest BCUT2D eigenvalue weighted by atomic mass is 10.2. The van der Waals surface area contributed by atoms with E-state index < -0.39 is 38.5 Å². The number of rotatable bonds is 11. The number of fused-ring (bicyclic) bond motifs is 1. The summed E-state index contributed by atoms with van der Waals surface area (Å²) in [6, 6.07) is 0. The lowest BCUT2D eigenvalue weighted by Crippen LogP contribution is -2.42. The van der Waals surface area contributed by atoms with Crippen molar-refractivity contribution in [1.29, 1.82) is 0 Å². The quantitative estimate of drug-likeness (QED) is 0.188. The van der Waals surface area contributed by atoms with Crippen molar-refractivity contribution < 1.29 is 44.3 Å². The number of nitrogens with one attached hydrogen (secondary N) is 1. The first-order chi connectivity index (χ1) is 16.3. The van der Waals surface area contributed by atoms with Gasteiger partial charge in [0.2, 0.25) is 5.34 Å². The average molecular weight is 505 g/mol. The van der Waals surface area contributed by atoms with Crippen LogP contribution in [0.3, 0.4) is 0 Å². The Hall–Kier alpha value is -1.74. The lowest BCUT2D eigenvalue weighted by Gasteiger charge is -2.31. The second-order valence-electron chi connectivity index (χ2n) is 8.20. The van der Waals surface area contributed by atoms with Gasteiger partial charge >= 0.3 is 7.60 Å². The molecule has 0 bridgehead atoms. The minimum atomic E-state index is -4.93. The molecule has 4 rings (SSSR count). The van der Waals surface area contributed by atoms with Crippen molar-refractivity contribution in [3.63, 3.8) is 0 Å². The van der Waals surface area contributed by atoms with Crippen molar-refractivity contribution >= 4 is 24.4 Å². The molecule has 3 heterocycles. The van der Waals surface area contributed by atoms with Crippen molar-refractivity contribution in [3.05, 3.63) is 12.0 Å². The van der Waals surface area contributed by atoms with E-state index in [1.807, 2.05) is 0 Å². The van der Waals surface area contributed by atoms with Crippen LogP contribution in [0.2, 0.25) is 0 Å². The van der Waals surface area contributed by atoms with Gasteiger partial charge in [-0.15, -0.1) is 0 Å². The smallest absolute Gasteiger partial charge is 0.361 e. The molecule has 1 aliphatic carbocycles. The van der Waals surface area contributed by atoms with Crippen molar-refractivity contribution in [2.24, 2.45) is 5.92 Å². The van der Waals surface area contributed by atoms with Crippen molar-refractivity contribution in [2.75, 3.05) is 38.8 Å². The minimum Gasteiger partial charge on any atom is -0.400 e. The predicted octanol–water partition coefficient (Wildman–Crippen LogP) is -0.698. The molecule has 7 N–H and O–H groups in total. The molecule has 2 unspecified atom stereocenters. The fraction of sp³-hybridized carbons (Fsp3) is 0.737. The number of anilines is 1. The summed E-state index contributed by atoms with van der Waals surface area (Å²) < 4.78 is 24.5. The van der Waals surface area contributed by atoms with Crippen LogP contribution in [0, 0.1) is 5.92 Å². The van der Waals surface area contributed by atoms with Gasteiger partial charge in [-0.25, -0.2) is 14.6 Å². The lowest BCUT2D eigenvalue weighted by molar-refractivity contribution is -0.109. The molecule has 0 aromatic carbocycles. The van der Waals surface area contributed by atoms with E-state index in [4.69, 9.17) is 14.6 Å². The summed E-state index contributed by atoms with van der Waals surface area (Å²) >= 11 is 0. The van der Waals surface area contributed by atoms with E-state index in [-0.39, 0.29) is 19.0 Å². The van der Waals surface area contributed by atoms with Gasteiger partial charge in [-0.3, -0.25) is 4.57 Å². The number of aliphatic hydroxyl groups excluding tert-OH is 4. The number of aliphatic hydroxyl groups is 4. The average Bonchev–Trinajstić information content (AvgIpc) is 3.38. The summed E-state index contributed by atoms with van der Waals surface area (Å²) in [7, 11) is -3.93. The molecule has 34 heavy (non-hydrogen) atoms. The third-order valence-corrected chi connectivity index (χ3v) is 7.29. The van der Waals surface area contributed by atoms with Crippen LogP contribution in [-0.4, -0.2) is 94.9 Å². The molecule has 15 heteroatoms. The first-order valence-corrected chi connectivity index (χ1v) is 12.5. The van der Waals surface area contributed by atoms with Gasteiger partial charge in [0, 0.05) is 13.7 Å². The number of hydrogen-bond donors (Lipinski definition) is 7. The summed E-state index contributed by atoms with van der Waals surface area (Å²) in [6.45, 7) is -1.84. The summed E-state index contributed by atoms with van der Waals surface area (Å²) in [6.07, 6.45) is 4.00. The molecular formula is C19H32N5O9P. The van der Waals surface area contributed by atoms with Crippen LogP contribution >= 0.6 is 7.60 Å². The maximum absolute atomic E-state index is 11.7. The first kappa shape index (κ1) is 26.9. The van der Waals surface area contributed by atoms with Crippen LogP contribution in [0.5, 0.6) is 0 Å². The zero-order chi connectivity index (χ0) is 24.9. The fourth-order valence-electron chi connectivity index (χ4n) is 3.60. The molecule has 14 nitrogen and oxygen atoms in total. The third-order valence-electron chi connectivity index (χ3n) is 5.82. The van der Waals surface area contributed by atoms with Crippen molar-refractivity contribution in [3.8, 4) is 0 Å². The number of ether oxygens (including phenoxy) is 2. The minimum absolute atomic E-state index is 0.229. The van der Waals surface area contributed by atoms with Gasteiger partial charge in [-0.05, 0) is 31.6 Å². The van der Waals surface area contributed by atoms with Gasteiger partial charge < -0.3 is 45.0 Å². The maximum atomic E-state index is 11.7. The van der Waals surface area contributed by atoms with Gasteiger partial charge in [0.15, 0.2) is 17.7 Å². The van der Waals surface area contributed by atoms with E-state index in [0.717, 1.165) is 13.7 Å². The Morgan fingerprint density at radius 1 is 1.18 bits per heavy atom. The summed E-state index contributed by atoms with van der Waals surface area (Å²) in [4.78, 5) is 27.7. The zero-order valence-corrected chi connectivity index (χ0v) is 19.7. The Bertz CT molecular complexity index is 992. The second kappa shape index (κ2) is 11.3. The third kappa shape index (κ3) is 5.73. The highest BCUT2D eigenvalue weighted by Gasteiger charge is 2.48. The summed E-state index contributed by atoms with van der Waals surface area (Å²) in [5.74, 6) is 1.49. The topological polar surface area (TPSA) is 213 Å². The highest BCUT2D eigenvalue weighted by molar-refractivity contribution is 7.53. The SMILES string of the molecule is CO.O=P(O)(O)C(CO)(CO)OCC1CCC(n2ncc3c(NCC4CC4)nc(CO)nc32)O1. The Kier molecular flexibility index (Phi) is 8.95. The van der Waals surface area contributed by atoms with Gasteiger partial charge in [-0.2, -0.15) is 5.10 Å². The van der Waals surface area contributed by atoms with Gasteiger partial charge in [-0.1, -0.05) is 0 Å². The van der Waals surface area contributed by atoms with E-state index in [9.17, 15) is 29.7 Å². The van der Waals surface area contributed by atoms with Crippen molar-refractivity contribution in [1.82, 2.24) is 19.7 Å². The van der Waals surface area contributed by atoms with E-state index >= 15 is 0 Å². The number of nitrogens with zero attached hydrogens (tertiary/aromatic N) is 4. The molecule has 2 atom stereocenters. The first-order valence-electron chi connectivity index (χ1n) is 10.9. The molecule has 2 fully saturated rings. The normalized spacial score (nSPS) is 20.9. The Balaban J connectivity index is 0.00000158. The van der Waals surface area contributed by atoms with Gasteiger partial charge in [0.1, 0.15) is 12.4 Å². The molecule has 2 aromatic heterocycles. The van der Waals surface area contributed by atoms with Crippen LogP contribution in [0.25, 0.3) is 11.0 Å². The summed E-state index contributed by atoms with van der Waals surface area (Å²) in [5, 5.41) is 41.4. The predicted molar refractivity (Wildman–Crippen MR) is 119 cm³/mol. The number of hydrogen-bond acceptors (Lipinski definition) is 11. The standard InChI is InChI=1S/C18H28N5O8P.CH4O/c24-7-14-21-16(19-5-11-1-2-11)13-6-20-23(17(13)22-14)15-4-3-12(31-15)8-30-18(9-25,10-26)32(27,28)29;1-2/h6,11-12,15,24-26H,1-5,7-10H2,(H,19,21,22)(H2,27,28,29);2H,1H3. The zero-order valence-electron chi connectivity index (χ0n) is 18.8. The van der Waals surface area contributed by atoms with E-state index in [1.54, 1.807) is 10.9 Å². The van der Waals surface area contributed by atoms with E-state index in [0.29, 0.717) is 35.6 Å². The molecular weight excluding hydrogens is 473 g/mol. The molecule has 0 radical (unpaired) electrons. The molecule has 1 aliphatic heterocycles. The maximum Gasteiger partial charge on any atom is 0.361 e. The fourth-order valence-corrected chi connectivity index (χ4v) is 4.21.